The van der Waals surface area contributed by atoms with E-state index in [2.05, 4.69) is 0 Å². The first-order valence-electron chi connectivity index (χ1n) is 2.47. The molecule has 0 aromatic carbocycles. The van der Waals surface area contributed by atoms with Crippen molar-refractivity contribution in [3.8, 4) is 0 Å². The van der Waals surface area contributed by atoms with E-state index in [1.54, 1.807) is 0 Å². The average molecular weight is 420 g/mol. The van der Waals surface area contributed by atoms with E-state index in [9.17, 15) is 0 Å². The first-order chi connectivity index (χ1) is 7.07. The van der Waals surface area contributed by atoms with E-state index < -0.39 is 77.4 Å². The number of rotatable bonds is 0. The van der Waals surface area contributed by atoms with E-state index in [1.165, 1.54) is 0 Å². The van der Waals surface area contributed by atoms with Gasteiger partial charge < -0.3 is 0 Å². The molecule has 0 spiro atoms. The van der Waals surface area contributed by atoms with Gasteiger partial charge in [-0.1, -0.05) is 0 Å². The molecule has 0 saturated heterocycles. The molecule has 0 aliphatic heterocycles. The molecule has 0 fully saturated rings. The van der Waals surface area contributed by atoms with Gasteiger partial charge in [0.1, 0.15) is 0 Å². The average Bonchev–Trinajstić information content (AvgIpc) is 2.09. The molecule has 0 aliphatic carbocycles. The summed E-state index contributed by atoms with van der Waals surface area (Å²) in [6, 6.07) is 0. The van der Waals surface area contributed by atoms with Crippen molar-refractivity contribution in [1.29, 1.82) is 0 Å². The molecule has 86 valence electrons. The summed E-state index contributed by atoms with van der Waals surface area (Å²) < 4.78 is 78.3. The van der Waals surface area contributed by atoms with Gasteiger partial charge in [-0.25, -0.2) is 0 Å². The molecule has 0 aliphatic rings. The van der Waals surface area contributed by atoms with Crippen LogP contribution in [0.2, 0.25) is 0 Å². The van der Waals surface area contributed by atoms with Gasteiger partial charge in [0.25, 0.3) is 0 Å². The number of hydrogen-bond donors (Lipinski definition) is 5. The van der Waals surface area contributed by atoms with Crippen molar-refractivity contribution in [1.82, 2.24) is 0 Å². The van der Waals surface area contributed by atoms with Crippen molar-refractivity contribution < 1.29 is 39.8 Å². The molecule has 0 aromatic rings. The molecule has 0 atom stereocenters. The fourth-order valence-electron chi connectivity index (χ4n) is 0. The van der Waals surface area contributed by atoms with Crippen LogP contribution in [0.1, 0.15) is 0 Å². The Hall–Kier alpha value is 4.44. The van der Waals surface area contributed by atoms with E-state index in [1.807, 2.05) is 0 Å². The van der Waals surface area contributed by atoms with Crippen molar-refractivity contribution in [3.63, 3.8) is 0 Å². The van der Waals surface area contributed by atoms with Gasteiger partial charge in [-0.3, -0.25) is 0 Å². The molecule has 0 unspecified atom stereocenters. The molecule has 0 aromatic heterocycles. The Labute approximate surface area is 225 Å². The summed E-state index contributed by atoms with van der Waals surface area (Å²) in [5, 5.41) is 0. The molecule has 10 nitrogen and oxygen atoms in total. The normalized spacial score (nSPS) is 2.22. The molecule has 0 rings (SSSR count). The van der Waals surface area contributed by atoms with Crippen LogP contribution in [-0.4, -0.2) is 211 Å². The van der Waals surface area contributed by atoms with Crippen LogP contribution in [0, 0.1) is 0 Å². The third-order valence-electron chi connectivity index (χ3n) is 0. The van der Waals surface area contributed by atoms with Gasteiger partial charge in [0.05, 0.1) is 0 Å². The Kier molecular flexibility index (Phi) is 276. The molecule has 0 amide bonds. The van der Waals surface area contributed by atoms with Crippen LogP contribution in [0.5, 0.6) is 0 Å². The molecule has 18 heteroatoms. The van der Waals surface area contributed by atoms with Gasteiger partial charge in [-0.15, -0.1) is 0 Å². The Bertz CT molecular complexity index is 97.9. The molecular formula is H5Al5Ca3O10. The fraction of sp³-hybridized carbons (Fsp3) is 0. The summed E-state index contributed by atoms with van der Waals surface area (Å²) in [5.41, 5.74) is 0. The summed E-state index contributed by atoms with van der Waals surface area (Å²) in [7, 11) is 0. The second-order valence-corrected chi connectivity index (χ2v) is 1.58. The summed E-state index contributed by atoms with van der Waals surface area (Å²) in [6.07, 6.45) is 0. The number of hydrogen-bond acceptors (Lipinski definition) is 5. The van der Waals surface area contributed by atoms with Gasteiger partial charge in [0, 0.05) is 113 Å². The Morgan fingerprint density at radius 1 is 0.389 bits per heavy atom. The van der Waals surface area contributed by atoms with Crippen molar-refractivity contribution in [2.45, 2.75) is 0 Å². The monoisotopic (exact) mass is 420 g/mol. The minimum absolute atomic E-state index is 0. The zero-order valence-corrected chi connectivity index (χ0v) is 21.7. The van der Waals surface area contributed by atoms with Crippen LogP contribution >= 0.6 is 0 Å². The predicted octanol–water partition coefficient (Wildman–Crippen LogP) is -6.43. The van der Waals surface area contributed by atoms with Crippen LogP contribution in [0.25, 0.3) is 0 Å². The first kappa shape index (κ1) is 49.5. The summed E-state index contributed by atoms with van der Waals surface area (Å²) in [4.78, 5) is 0. The van der Waals surface area contributed by atoms with E-state index in [4.69, 9.17) is 39.8 Å². The van der Waals surface area contributed by atoms with Crippen LogP contribution < -0.4 is 0 Å². The van der Waals surface area contributed by atoms with Gasteiger partial charge in [-0.2, -0.15) is 0 Å². The van der Waals surface area contributed by atoms with E-state index in [0.717, 1.165) is 0 Å². The maximum absolute atomic E-state index is 8.57. The second kappa shape index (κ2) is 101. The Morgan fingerprint density at radius 2 is 0.389 bits per heavy atom. The zero-order chi connectivity index (χ0) is 13.5. The Morgan fingerprint density at radius 3 is 0.389 bits per heavy atom. The maximum atomic E-state index is 8.57. The topological polar surface area (TPSA) is 186 Å². The third-order valence-corrected chi connectivity index (χ3v) is 0. The standard InChI is InChI=1S/5Al.3Ca.5H2O.5O/h;;;;;;;;5*1H2;;;;;/q5*+1;;;;;;;;;;;;;/p-5. The zero-order valence-electron chi connectivity index (χ0n) is 9.29. The SMILES string of the molecule is [Ca].[Ca].[Ca].[O]=[Al][OH].[O]=[Al][OH].[O]=[Al][OH].[O]=[Al][OH].[O]=[Al][OH]. The van der Waals surface area contributed by atoms with Gasteiger partial charge in [0.2, 0.25) is 0 Å². The summed E-state index contributed by atoms with van der Waals surface area (Å²) in [6.45, 7) is 0. The molecule has 0 heterocycles. The van der Waals surface area contributed by atoms with Crippen molar-refractivity contribution >= 4 is 191 Å². The summed E-state index contributed by atoms with van der Waals surface area (Å²) >= 11 is -7.50. The molecular weight excluding hydrogens is 415 g/mol. The van der Waals surface area contributed by atoms with Crippen LogP contribution in [0.15, 0.2) is 0 Å². The van der Waals surface area contributed by atoms with E-state index in [-0.39, 0.29) is 113 Å². The van der Waals surface area contributed by atoms with Gasteiger partial charge >= 0.3 is 117 Å². The first-order valence-corrected chi connectivity index (χ1v) is 7.41. The minimum atomic E-state index is -1.50. The molecule has 18 heavy (non-hydrogen) atoms. The third kappa shape index (κ3) is 392. The molecule has 0 saturated carbocycles. The fourth-order valence-corrected chi connectivity index (χ4v) is 0. The second-order valence-electron chi connectivity index (χ2n) is 0.527. The van der Waals surface area contributed by atoms with Crippen LogP contribution in [0.4, 0.5) is 0 Å². The molecule has 5 N–H and O–H groups in total. The van der Waals surface area contributed by atoms with Crippen LogP contribution in [-0.2, 0) is 19.0 Å². The van der Waals surface area contributed by atoms with Crippen molar-refractivity contribution in [2.75, 3.05) is 0 Å². The molecule has 0 bridgehead atoms. The summed E-state index contributed by atoms with van der Waals surface area (Å²) in [5.74, 6) is 0. The van der Waals surface area contributed by atoms with Crippen molar-refractivity contribution in [3.05, 3.63) is 0 Å². The van der Waals surface area contributed by atoms with E-state index >= 15 is 0 Å². The predicted molar refractivity (Wildman–Crippen MR) is 60.6 cm³/mol. The van der Waals surface area contributed by atoms with Gasteiger partial charge in [-0.05, 0) is 0 Å². The van der Waals surface area contributed by atoms with Crippen LogP contribution in [0.3, 0.4) is 0 Å². The Balaban J connectivity index is -0.0000000111. The van der Waals surface area contributed by atoms with Crippen molar-refractivity contribution in [2.24, 2.45) is 0 Å². The molecule has 6 radical (unpaired) electrons. The van der Waals surface area contributed by atoms with E-state index in [0.29, 0.717) is 0 Å². The van der Waals surface area contributed by atoms with Gasteiger partial charge in [0.15, 0.2) is 0 Å². The quantitative estimate of drug-likeness (QED) is 0.236.